The van der Waals surface area contributed by atoms with Crippen LogP contribution in [0.1, 0.15) is 23.7 Å². The SMILES string of the molecule is CNCCC(=O)N(Cc1ccccc1)CC(O)c1ccsc1.Cl. The maximum absolute atomic E-state index is 12.4. The van der Waals surface area contributed by atoms with Crippen molar-refractivity contribution in [3.05, 3.63) is 58.3 Å². The Morgan fingerprint density at radius 1 is 1.30 bits per heavy atom. The molecule has 2 N–H and O–H groups in total. The van der Waals surface area contributed by atoms with Crippen molar-refractivity contribution in [3.8, 4) is 0 Å². The third kappa shape index (κ3) is 6.31. The number of nitrogens with zero attached hydrogens (tertiary/aromatic N) is 1. The summed E-state index contributed by atoms with van der Waals surface area (Å²) in [5.41, 5.74) is 1.93. The van der Waals surface area contributed by atoms with E-state index in [0.717, 1.165) is 11.1 Å². The van der Waals surface area contributed by atoms with Gasteiger partial charge in [-0.3, -0.25) is 4.79 Å². The van der Waals surface area contributed by atoms with Crippen LogP contribution in [-0.4, -0.2) is 36.1 Å². The molecule has 0 aliphatic heterocycles. The zero-order valence-corrected chi connectivity index (χ0v) is 14.8. The average molecular weight is 355 g/mol. The van der Waals surface area contributed by atoms with Crippen LogP contribution in [-0.2, 0) is 11.3 Å². The molecule has 0 spiro atoms. The summed E-state index contributed by atoms with van der Waals surface area (Å²) in [4.78, 5) is 14.1. The lowest BCUT2D eigenvalue weighted by Gasteiger charge is -2.25. The Morgan fingerprint density at radius 2 is 2.04 bits per heavy atom. The standard InChI is InChI=1S/C17H22N2O2S.ClH/c1-18-9-7-17(21)19(11-14-5-3-2-4-6-14)12-16(20)15-8-10-22-13-15;/h2-6,8,10,13,16,18,20H,7,9,11-12H2,1H3;1H. The summed E-state index contributed by atoms with van der Waals surface area (Å²) in [6.07, 6.45) is -0.215. The third-order valence-corrected chi connectivity index (χ3v) is 4.18. The number of carbonyl (C=O) groups excluding carboxylic acids is 1. The molecule has 0 saturated carbocycles. The van der Waals surface area contributed by atoms with Gasteiger partial charge in [0.05, 0.1) is 12.6 Å². The molecule has 4 nitrogen and oxygen atoms in total. The molecule has 0 bridgehead atoms. The second-order valence-corrected chi connectivity index (χ2v) is 5.97. The van der Waals surface area contributed by atoms with Crippen molar-refractivity contribution in [2.45, 2.75) is 19.1 Å². The number of thiophene rings is 1. The summed E-state index contributed by atoms with van der Waals surface area (Å²) >= 11 is 1.55. The maximum Gasteiger partial charge on any atom is 0.224 e. The minimum atomic E-state index is -0.645. The van der Waals surface area contributed by atoms with E-state index in [1.807, 2.05) is 54.2 Å². The lowest BCUT2D eigenvalue weighted by molar-refractivity contribution is -0.133. The highest BCUT2D eigenvalue weighted by atomic mass is 35.5. The quantitative estimate of drug-likeness (QED) is 0.766. The van der Waals surface area contributed by atoms with Gasteiger partial charge in [-0.15, -0.1) is 12.4 Å². The number of hydrogen-bond donors (Lipinski definition) is 2. The summed E-state index contributed by atoms with van der Waals surface area (Å²) in [5, 5.41) is 17.2. The Balaban J connectivity index is 0.00000264. The van der Waals surface area contributed by atoms with Gasteiger partial charge < -0.3 is 15.3 Å². The van der Waals surface area contributed by atoms with Gasteiger partial charge in [0.15, 0.2) is 0 Å². The molecule has 1 atom stereocenters. The van der Waals surface area contributed by atoms with E-state index >= 15 is 0 Å². The van der Waals surface area contributed by atoms with Crippen LogP contribution in [0.5, 0.6) is 0 Å². The first-order valence-electron chi connectivity index (χ1n) is 7.37. The van der Waals surface area contributed by atoms with Crippen molar-refractivity contribution in [1.29, 1.82) is 0 Å². The fourth-order valence-corrected chi connectivity index (χ4v) is 2.93. The van der Waals surface area contributed by atoms with Crippen molar-refractivity contribution in [1.82, 2.24) is 10.2 Å². The maximum atomic E-state index is 12.4. The van der Waals surface area contributed by atoms with Gasteiger partial charge in [-0.1, -0.05) is 30.3 Å². The highest BCUT2D eigenvalue weighted by Gasteiger charge is 2.19. The molecule has 1 unspecified atom stereocenters. The molecular weight excluding hydrogens is 332 g/mol. The van der Waals surface area contributed by atoms with Crippen LogP contribution >= 0.6 is 23.7 Å². The minimum absolute atomic E-state index is 0. The van der Waals surface area contributed by atoms with Crippen molar-refractivity contribution in [2.75, 3.05) is 20.1 Å². The smallest absolute Gasteiger partial charge is 0.224 e. The normalized spacial score (nSPS) is 11.6. The van der Waals surface area contributed by atoms with Gasteiger partial charge in [0.25, 0.3) is 0 Å². The minimum Gasteiger partial charge on any atom is -0.387 e. The predicted molar refractivity (Wildman–Crippen MR) is 96.9 cm³/mol. The first kappa shape index (κ1) is 19.6. The molecule has 126 valence electrons. The van der Waals surface area contributed by atoms with Crippen LogP contribution in [0.3, 0.4) is 0 Å². The highest BCUT2D eigenvalue weighted by molar-refractivity contribution is 7.07. The van der Waals surface area contributed by atoms with Crippen LogP contribution in [0.25, 0.3) is 0 Å². The average Bonchev–Trinajstić information content (AvgIpc) is 3.07. The topological polar surface area (TPSA) is 52.6 Å². The van der Waals surface area contributed by atoms with Crippen molar-refractivity contribution in [2.24, 2.45) is 0 Å². The zero-order chi connectivity index (χ0) is 15.8. The molecule has 1 aromatic carbocycles. The molecule has 0 radical (unpaired) electrons. The van der Waals surface area contributed by atoms with E-state index in [1.54, 1.807) is 16.2 Å². The molecule has 1 amide bonds. The van der Waals surface area contributed by atoms with Gasteiger partial charge in [-0.05, 0) is 35.0 Å². The summed E-state index contributed by atoms with van der Waals surface area (Å²) in [7, 11) is 1.83. The fraction of sp³-hybridized carbons (Fsp3) is 0.353. The zero-order valence-electron chi connectivity index (χ0n) is 13.1. The van der Waals surface area contributed by atoms with Crippen LogP contribution < -0.4 is 5.32 Å². The van der Waals surface area contributed by atoms with E-state index in [0.29, 0.717) is 26.1 Å². The van der Waals surface area contributed by atoms with Gasteiger partial charge in [0, 0.05) is 19.5 Å². The molecule has 6 heteroatoms. The first-order chi connectivity index (χ1) is 10.7. The molecule has 2 aromatic rings. The summed E-state index contributed by atoms with van der Waals surface area (Å²) in [6, 6.07) is 11.8. The van der Waals surface area contributed by atoms with Gasteiger partial charge in [-0.2, -0.15) is 11.3 Å². The monoisotopic (exact) mass is 354 g/mol. The molecule has 0 saturated heterocycles. The van der Waals surface area contributed by atoms with Gasteiger partial charge in [-0.25, -0.2) is 0 Å². The lowest BCUT2D eigenvalue weighted by atomic mass is 10.1. The predicted octanol–water partition coefficient (Wildman–Crippen LogP) is 2.84. The van der Waals surface area contributed by atoms with Crippen LogP contribution in [0.15, 0.2) is 47.2 Å². The first-order valence-corrected chi connectivity index (χ1v) is 8.31. The number of nitrogens with one attached hydrogen (secondary N) is 1. The number of halogens is 1. The number of aliphatic hydroxyl groups is 1. The van der Waals surface area contributed by atoms with E-state index < -0.39 is 6.10 Å². The Labute approximate surface area is 147 Å². The summed E-state index contributed by atoms with van der Waals surface area (Å²) in [5.74, 6) is 0.0486. The lowest BCUT2D eigenvalue weighted by Crippen LogP contribution is -2.35. The molecule has 23 heavy (non-hydrogen) atoms. The molecule has 1 heterocycles. The van der Waals surface area contributed by atoms with E-state index in [9.17, 15) is 9.90 Å². The molecule has 1 aromatic heterocycles. The molecule has 0 aliphatic carbocycles. The fourth-order valence-electron chi connectivity index (χ4n) is 2.23. The molecule has 0 aliphatic rings. The van der Waals surface area contributed by atoms with Gasteiger partial charge >= 0.3 is 0 Å². The van der Waals surface area contributed by atoms with Crippen molar-refractivity contribution >= 4 is 29.7 Å². The van der Waals surface area contributed by atoms with Crippen LogP contribution in [0.4, 0.5) is 0 Å². The number of hydrogen-bond acceptors (Lipinski definition) is 4. The molecule has 0 fully saturated rings. The highest BCUT2D eigenvalue weighted by Crippen LogP contribution is 2.19. The van der Waals surface area contributed by atoms with Crippen LogP contribution in [0, 0.1) is 0 Å². The van der Waals surface area contributed by atoms with Gasteiger partial charge in [0.2, 0.25) is 5.91 Å². The second-order valence-electron chi connectivity index (χ2n) is 5.19. The number of carbonyl (C=O) groups is 1. The number of aliphatic hydroxyl groups excluding tert-OH is 1. The Morgan fingerprint density at radius 3 is 2.65 bits per heavy atom. The van der Waals surface area contributed by atoms with Crippen molar-refractivity contribution < 1.29 is 9.90 Å². The van der Waals surface area contributed by atoms with E-state index in [-0.39, 0.29) is 18.3 Å². The Bertz CT molecular complexity index is 563. The van der Waals surface area contributed by atoms with E-state index in [4.69, 9.17) is 0 Å². The summed E-state index contributed by atoms with van der Waals surface area (Å²) < 4.78 is 0. The van der Waals surface area contributed by atoms with E-state index in [2.05, 4.69) is 5.32 Å². The Hall–Kier alpha value is -1.40. The second kappa shape index (κ2) is 10.4. The molecular formula is C17H23ClN2O2S. The largest absolute Gasteiger partial charge is 0.387 e. The number of amides is 1. The number of benzene rings is 1. The Kier molecular flexibility index (Phi) is 8.87. The van der Waals surface area contributed by atoms with Gasteiger partial charge in [0.1, 0.15) is 0 Å². The van der Waals surface area contributed by atoms with E-state index in [1.165, 1.54) is 0 Å². The van der Waals surface area contributed by atoms with Crippen LogP contribution in [0.2, 0.25) is 0 Å². The summed E-state index contributed by atoms with van der Waals surface area (Å²) in [6.45, 7) is 1.47. The van der Waals surface area contributed by atoms with Crippen molar-refractivity contribution in [3.63, 3.8) is 0 Å². The third-order valence-electron chi connectivity index (χ3n) is 3.48. The number of rotatable bonds is 8. The molecule has 2 rings (SSSR count).